The third-order valence-electron chi connectivity index (χ3n) is 6.30. The first kappa shape index (κ1) is 23.0. The number of hydrogen-bond acceptors (Lipinski definition) is 4. The van der Waals surface area contributed by atoms with E-state index in [1.807, 2.05) is 4.90 Å². The molecular weight excluding hydrogens is 440 g/mol. The smallest absolute Gasteiger partial charge is 0.251 e. The second-order valence-corrected chi connectivity index (χ2v) is 8.53. The number of hydrogen-bond donors (Lipinski definition) is 2. The normalized spacial score (nSPS) is 18.9. The van der Waals surface area contributed by atoms with Crippen LogP contribution in [-0.2, 0) is 4.79 Å². The van der Waals surface area contributed by atoms with Gasteiger partial charge in [-0.15, -0.1) is 0 Å². The lowest BCUT2D eigenvalue weighted by Gasteiger charge is -2.43. The molecule has 0 saturated carbocycles. The number of anilines is 1. The van der Waals surface area contributed by atoms with E-state index in [2.05, 4.69) is 15.5 Å². The molecule has 2 saturated heterocycles. The highest BCUT2D eigenvalue weighted by Gasteiger charge is 2.50. The van der Waals surface area contributed by atoms with Crippen LogP contribution in [0.1, 0.15) is 30.1 Å². The Morgan fingerprint density at radius 2 is 1.79 bits per heavy atom. The first-order chi connectivity index (χ1) is 15.7. The van der Waals surface area contributed by atoms with Crippen molar-refractivity contribution in [2.75, 3.05) is 31.2 Å². The predicted molar refractivity (Wildman–Crippen MR) is 114 cm³/mol. The molecule has 0 radical (unpaired) electrons. The Balaban J connectivity index is 1.36. The van der Waals surface area contributed by atoms with Gasteiger partial charge in [0.05, 0.1) is 6.67 Å². The number of piperidine rings is 1. The number of rotatable bonds is 5. The highest BCUT2D eigenvalue weighted by Crippen LogP contribution is 2.36. The molecular formula is C23H24F4N4O2. The van der Waals surface area contributed by atoms with Crippen molar-refractivity contribution in [3.63, 3.8) is 0 Å². The van der Waals surface area contributed by atoms with Crippen LogP contribution in [0.15, 0.2) is 36.4 Å². The molecule has 33 heavy (non-hydrogen) atoms. The largest absolute Gasteiger partial charge is 0.348 e. The summed E-state index contributed by atoms with van der Waals surface area (Å²) in [5.41, 5.74) is -0.426. The molecule has 0 bridgehead atoms. The van der Waals surface area contributed by atoms with Gasteiger partial charge in [0, 0.05) is 36.9 Å². The van der Waals surface area contributed by atoms with Crippen molar-refractivity contribution in [3.8, 4) is 0 Å². The van der Waals surface area contributed by atoms with Crippen LogP contribution in [0.3, 0.4) is 0 Å². The van der Waals surface area contributed by atoms with Gasteiger partial charge < -0.3 is 20.4 Å². The van der Waals surface area contributed by atoms with E-state index < -0.39 is 28.9 Å². The molecule has 2 aromatic carbocycles. The number of nitrogens with one attached hydrogen (secondary N) is 2. The van der Waals surface area contributed by atoms with Crippen LogP contribution in [0.4, 0.5) is 23.2 Å². The van der Waals surface area contributed by atoms with Crippen LogP contribution in [0, 0.1) is 23.3 Å². The number of benzene rings is 2. The highest BCUT2D eigenvalue weighted by molar-refractivity contribution is 5.94. The topological polar surface area (TPSA) is 64.7 Å². The summed E-state index contributed by atoms with van der Waals surface area (Å²) in [6.07, 6.45) is 1.04. The Labute approximate surface area is 188 Å². The number of carbonyl (C=O) groups excluding carboxylic acids is 2. The Bertz CT molecular complexity index is 1050. The van der Waals surface area contributed by atoms with Crippen LogP contribution in [-0.4, -0.2) is 54.6 Å². The van der Waals surface area contributed by atoms with Gasteiger partial charge in [-0.05, 0) is 50.1 Å². The SMILES string of the molecule is C[C@H](CN1CCC2(CC1)C(=O)NCN2c1cccc(F)c1)NC(=O)c1cc(F)c(F)c(F)c1. The average Bonchev–Trinajstić information content (AvgIpc) is 3.08. The van der Waals surface area contributed by atoms with E-state index in [1.54, 1.807) is 19.1 Å². The van der Waals surface area contributed by atoms with Gasteiger partial charge in [0.2, 0.25) is 5.91 Å². The van der Waals surface area contributed by atoms with Gasteiger partial charge in [0.1, 0.15) is 11.4 Å². The summed E-state index contributed by atoms with van der Waals surface area (Å²) in [5.74, 6) is -5.64. The summed E-state index contributed by atoms with van der Waals surface area (Å²) < 4.78 is 53.7. The van der Waals surface area contributed by atoms with Crippen LogP contribution >= 0.6 is 0 Å². The maximum absolute atomic E-state index is 13.7. The summed E-state index contributed by atoms with van der Waals surface area (Å²) >= 11 is 0. The first-order valence-electron chi connectivity index (χ1n) is 10.7. The molecule has 2 aromatic rings. The quantitative estimate of drug-likeness (QED) is 0.528. The molecule has 6 nitrogen and oxygen atoms in total. The fraction of sp³-hybridized carbons (Fsp3) is 0.391. The molecule has 0 aliphatic carbocycles. The third kappa shape index (κ3) is 4.52. The summed E-state index contributed by atoms with van der Waals surface area (Å²) in [6, 6.07) is 7.10. The third-order valence-corrected chi connectivity index (χ3v) is 6.30. The maximum Gasteiger partial charge on any atom is 0.251 e. The minimum Gasteiger partial charge on any atom is -0.348 e. The monoisotopic (exact) mass is 464 g/mol. The van der Waals surface area contributed by atoms with E-state index >= 15 is 0 Å². The minimum atomic E-state index is -1.62. The Kier molecular flexibility index (Phi) is 6.29. The van der Waals surface area contributed by atoms with Crippen molar-refractivity contribution in [2.24, 2.45) is 0 Å². The average molecular weight is 464 g/mol. The van der Waals surface area contributed by atoms with Crippen molar-refractivity contribution in [1.29, 1.82) is 0 Å². The second-order valence-electron chi connectivity index (χ2n) is 8.53. The van der Waals surface area contributed by atoms with Crippen LogP contribution in [0.2, 0.25) is 0 Å². The Hall–Kier alpha value is -3.14. The van der Waals surface area contributed by atoms with Crippen LogP contribution in [0.5, 0.6) is 0 Å². The van der Waals surface area contributed by atoms with E-state index in [-0.39, 0.29) is 23.3 Å². The van der Waals surface area contributed by atoms with Crippen LogP contribution in [0.25, 0.3) is 0 Å². The van der Waals surface area contributed by atoms with Crippen molar-refractivity contribution >= 4 is 17.5 Å². The summed E-state index contributed by atoms with van der Waals surface area (Å²) in [5, 5.41) is 5.52. The summed E-state index contributed by atoms with van der Waals surface area (Å²) in [4.78, 5) is 29.0. The van der Waals surface area contributed by atoms with Crippen molar-refractivity contribution < 1.29 is 27.2 Å². The maximum atomic E-state index is 13.7. The molecule has 0 unspecified atom stereocenters. The molecule has 2 fully saturated rings. The number of carbonyl (C=O) groups is 2. The zero-order chi connectivity index (χ0) is 23.8. The van der Waals surface area contributed by atoms with Crippen molar-refractivity contribution in [1.82, 2.24) is 15.5 Å². The molecule has 4 rings (SSSR count). The molecule has 2 aliphatic heterocycles. The summed E-state index contributed by atoms with van der Waals surface area (Å²) in [7, 11) is 0. The lowest BCUT2D eigenvalue weighted by atomic mass is 9.85. The molecule has 10 heteroatoms. The van der Waals surface area contributed by atoms with E-state index in [0.29, 0.717) is 57.0 Å². The van der Waals surface area contributed by atoms with Gasteiger partial charge in [0.15, 0.2) is 17.5 Å². The molecule has 2 N–H and O–H groups in total. The fourth-order valence-electron chi connectivity index (χ4n) is 4.60. The predicted octanol–water partition coefficient (Wildman–Crippen LogP) is 2.79. The number of amides is 2. The van der Waals surface area contributed by atoms with Gasteiger partial charge >= 0.3 is 0 Å². The van der Waals surface area contributed by atoms with E-state index in [4.69, 9.17) is 0 Å². The number of halogens is 4. The van der Waals surface area contributed by atoms with E-state index in [0.717, 1.165) is 0 Å². The minimum absolute atomic E-state index is 0.0897. The van der Waals surface area contributed by atoms with Gasteiger partial charge in [-0.25, -0.2) is 17.6 Å². The highest BCUT2D eigenvalue weighted by atomic mass is 19.2. The molecule has 2 aliphatic rings. The van der Waals surface area contributed by atoms with Gasteiger partial charge in [-0.2, -0.15) is 0 Å². The number of nitrogens with zero attached hydrogens (tertiary/aromatic N) is 2. The van der Waals surface area contributed by atoms with E-state index in [1.165, 1.54) is 12.1 Å². The molecule has 0 aromatic heterocycles. The summed E-state index contributed by atoms with van der Waals surface area (Å²) in [6.45, 7) is 3.65. The lowest BCUT2D eigenvalue weighted by Crippen LogP contribution is -2.57. The standard InChI is InChI=1S/C23H24F4N4O2/c1-14(29-21(32)15-9-18(25)20(27)19(26)10-15)12-30-7-5-23(6-8-30)22(33)28-13-31(23)17-4-2-3-16(24)11-17/h2-4,9-11,14H,5-8,12-13H2,1H3,(H,28,33)(H,29,32)/t14-/m1/s1. The Morgan fingerprint density at radius 1 is 1.12 bits per heavy atom. The molecule has 2 amide bonds. The second kappa shape index (κ2) is 9.01. The molecule has 1 spiro atoms. The number of likely N-dealkylation sites (tertiary alicyclic amines) is 1. The zero-order valence-electron chi connectivity index (χ0n) is 18.0. The first-order valence-corrected chi connectivity index (χ1v) is 10.7. The fourth-order valence-corrected chi connectivity index (χ4v) is 4.60. The molecule has 176 valence electrons. The van der Waals surface area contributed by atoms with Crippen molar-refractivity contribution in [3.05, 3.63) is 65.2 Å². The van der Waals surface area contributed by atoms with Gasteiger partial charge in [0.25, 0.3) is 5.91 Å². The zero-order valence-corrected chi connectivity index (χ0v) is 18.0. The molecule has 1 atom stereocenters. The van der Waals surface area contributed by atoms with Gasteiger partial charge in [-0.3, -0.25) is 9.59 Å². The van der Waals surface area contributed by atoms with Gasteiger partial charge in [-0.1, -0.05) is 6.07 Å². The van der Waals surface area contributed by atoms with E-state index in [9.17, 15) is 27.2 Å². The lowest BCUT2D eigenvalue weighted by molar-refractivity contribution is -0.125. The van der Waals surface area contributed by atoms with Crippen LogP contribution < -0.4 is 15.5 Å². The Morgan fingerprint density at radius 3 is 2.42 bits per heavy atom. The molecule has 2 heterocycles. The van der Waals surface area contributed by atoms with Crippen molar-refractivity contribution in [2.45, 2.75) is 31.3 Å².